The molecule has 2 atom stereocenters. The first-order valence-electron chi connectivity index (χ1n) is 11.2. The minimum absolute atomic E-state index is 0.128. The SMILES string of the molecule is CCN1CC[C@@H](n2c(CCN)nc3c(S(=O)(=O)c4ccccc4)nc4[nH]ccc4c32)[C@@H](F)C1. The third-order valence-electron chi connectivity index (χ3n) is 6.43. The van der Waals surface area contributed by atoms with Gasteiger partial charge in [0, 0.05) is 31.1 Å². The van der Waals surface area contributed by atoms with Crippen molar-refractivity contribution in [3.05, 3.63) is 48.4 Å². The molecule has 1 saturated heterocycles. The number of alkyl halides is 1. The smallest absolute Gasteiger partial charge is 0.226 e. The van der Waals surface area contributed by atoms with Crippen LogP contribution in [0.3, 0.4) is 0 Å². The van der Waals surface area contributed by atoms with Gasteiger partial charge in [-0.1, -0.05) is 25.1 Å². The summed E-state index contributed by atoms with van der Waals surface area (Å²) in [5.41, 5.74) is 7.16. The molecule has 3 aromatic heterocycles. The number of sulfone groups is 1. The number of nitrogens with zero attached hydrogens (tertiary/aromatic N) is 4. The molecule has 1 aliphatic rings. The average molecular weight is 471 g/mol. The van der Waals surface area contributed by atoms with Crippen molar-refractivity contribution >= 4 is 31.9 Å². The van der Waals surface area contributed by atoms with E-state index in [9.17, 15) is 8.42 Å². The van der Waals surface area contributed by atoms with E-state index >= 15 is 4.39 Å². The van der Waals surface area contributed by atoms with Crippen molar-refractivity contribution in [1.82, 2.24) is 24.4 Å². The highest BCUT2D eigenvalue weighted by Crippen LogP contribution is 2.37. The zero-order valence-electron chi connectivity index (χ0n) is 18.4. The Labute approximate surface area is 191 Å². The largest absolute Gasteiger partial charge is 0.346 e. The lowest BCUT2D eigenvalue weighted by Gasteiger charge is -2.35. The maximum Gasteiger partial charge on any atom is 0.226 e. The van der Waals surface area contributed by atoms with E-state index in [1.165, 1.54) is 12.1 Å². The van der Waals surface area contributed by atoms with Gasteiger partial charge in [0.25, 0.3) is 0 Å². The van der Waals surface area contributed by atoms with Crippen molar-refractivity contribution in [1.29, 1.82) is 0 Å². The molecular weight excluding hydrogens is 443 g/mol. The Hall–Kier alpha value is -2.82. The van der Waals surface area contributed by atoms with E-state index in [2.05, 4.69) is 14.9 Å². The number of hydrogen-bond acceptors (Lipinski definition) is 6. The van der Waals surface area contributed by atoms with Gasteiger partial charge in [-0.2, -0.15) is 0 Å². The number of nitrogens with two attached hydrogens (primary N) is 1. The van der Waals surface area contributed by atoms with Crippen molar-refractivity contribution in [2.75, 3.05) is 26.2 Å². The quantitative estimate of drug-likeness (QED) is 0.448. The fourth-order valence-electron chi connectivity index (χ4n) is 4.78. The third-order valence-corrected chi connectivity index (χ3v) is 8.11. The number of pyridine rings is 1. The first-order chi connectivity index (χ1) is 16.0. The Morgan fingerprint density at radius 3 is 2.70 bits per heavy atom. The van der Waals surface area contributed by atoms with Crippen LogP contribution in [0.5, 0.6) is 0 Å². The van der Waals surface area contributed by atoms with E-state index in [1.807, 2.05) is 17.6 Å². The standard InChI is InChI=1S/C23H27FN6O2S/c1-2-29-13-10-18(17(24)14-29)30-19(8-11-25)27-20-21(30)16-9-12-26-22(16)28-23(20)33(31,32)15-6-4-3-5-7-15/h3-7,9,12,17-18H,2,8,10-11,13-14,25H2,1H3,(H,26,28)/t17-,18+/m0/s1. The van der Waals surface area contributed by atoms with E-state index in [0.717, 1.165) is 18.5 Å². The fraction of sp³-hybridized carbons (Fsp3) is 0.391. The highest BCUT2D eigenvalue weighted by atomic mass is 32.2. The van der Waals surface area contributed by atoms with E-state index in [1.54, 1.807) is 24.4 Å². The van der Waals surface area contributed by atoms with Gasteiger partial charge >= 0.3 is 0 Å². The summed E-state index contributed by atoms with van der Waals surface area (Å²) in [7, 11) is -3.95. The number of aromatic amines is 1. The number of imidazole rings is 1. The minimum Gasteiger partial charge on any atom is -0.346 e. The van der Waals surface area contributed by atoms with Crippen molar-refractivity contribution in [2.45, 2.75) is 41.9 Å². The second-order valence-electron chi connectivity index (χ2n) is 8.37. The van der Waals surface area contributed by atoms with Gasteiger partial charge in [0.05, 0.1) is 16.5 Å². The average Bonchev–Trinajstić information content (AvgIpc) is 3.43. The summed E-state index contributed by atoms with van der Waals surface area (Å²) in [4.78, 5) is 14.4. The van der Waals surface area contributed by atoms with Crippen LogP contribution < -0.4 is 5.73 Å². The third kappa shape index (κ3) is 3.62. The van der Waals surface area contributed by atoms with Crippen molar-refractivity contribution in [3.63, 3.8) is 0 Å². The van der Waals surface area contributed by atoms with E-state index < -0.39 is 22.1 Å². The number of halogens is 1. The molecule has 1 fully saturated rings. The summed E-state index contributed by atoms with van der Waals surface area (Å²) < 4.78 is 44.5. The second-order valence-corrected chi connectivity index (χ2v) is 10.2. The molecule has 5 rings (SSSR count). The molecule has 0 bridgehead atoms. The van der Waals surface area contributed by atoms with Gasteiger partial charge in [0.1, 0.15) is 23.2 Å². The van der Waals surface area contributed by atoms with E-state index in [4.69, 9.17) is 10.7 Å². The Balaban J connectivity index is 1.79. The molecule has 0 radical (unpaired) electrons. The summed E-state index contributed by atoms with van der Waals surface area (Å²) in [6.45, 7) is 4.23. The summed E-state index contributed by atoms with van der Waals surface area (Å²) in [5.74, 6) is 0.588. The summed E-state index contributed by atoms with van der Waals surface area (Å²) >= 11 is 0. The Morgan fingerprint density at radius 1 is 1.21 bits per heavy atom. The number of H-pyrrole nitrogens is 1. The molecule has 4 aromatic rings. The van der Waals surface area contributed by atoms with Gasteiger partial charge in [-0.05, 0) is 37.7 Å². The monoisotopic (exact) mass is 470 g/mol. The number of hydrogen-bond donors (Lipinski definition) is 2. The fourth-order valence-corrected chi connectivity index (χ4v) is 6.13. The van der Waals surface area contributed by atoms with Crippen molar-refractivity contribution in [3.8, 4) is 0 Å². The lowest BCUT2D eigenvalue weighted by molar-refractivity contribution is 0.0939. The number of rotatable bonds is 6. The van der Waals surface area contributed by atoms with Crippen LogP contribution in [0.25, 0.3) is 22.1 Å². The van der Waals surface area contributed by atoms with Gasteiger partial charge in [-0.15, -0.1) is 0 Å². The first-order valence-corrected chi connectivity index (χ1v) is 12.7. The van der Waals surface area contributed by atoms with Crippen molar-refractivity contribution in [2.24, 2.45) is 5.73 Å². The maximum absolute atomic E-state index is 15.5. The number of nitrogens with one attached hydrogen (secondary N) is 1. The molecule has 0 spiro atoms. The Kier molecular flexibility index (Phi) is 5.67. The molecular formula is C23H27FN6O2S. The van der Waals surface area contributed by atoms with Crippen LogP contribution in [0.1, 0.15) is 25.2 Å². The second kappa shape index (κ2) is 8.51. The van der Waals surface area contributed by atoms with Crippen LogP contribution in [0.15, 0.2) is 52.5 Å². The van der Waals surface area contributed by atoms with Crippen LogP contribution in [-0.2, 0) is 16.3 Å². The molecule has 1 aromatic carbocycles. The maximum atomic E-state index is 15.5. The molecule has 174 valence electrons. The Bertz CT molecular complexity index is 1400. The molecule has 0 unspecified atom stereocenters. The molecule has 0 amide bonds. The van der Waals surface area contributed by atoms with E-state index in [0.29, 0.717) is 42.9 Å². The van der Waals surface area contributed by atoms with Crippen LogP contribution >= 0.6 is 0 Å². The molecule has 8 nitrogen and oxygen atoms in total. The summed E-state index contributed by atoms with van der Waals surface area (Å²) in [6.07, 6.45) is 1.62. The normalized spacial score (nSPS) is 20.1. The number of piperidine rings is 1. The first kappa shape index (κ1) is 22.0. The number of aromatic nitrogens is 4. The minimum atomic E-state index is -3.95. The van der Waals surface area contributed by atoms with Crippen LogP contribution in [0.2, 0.25) is 0 Å². The zero-order valence-corrected chi connectivity index (χ0v) is 19.2. The molecule has 3 N–H and O–H groups in total. The van der Waals surface area contributed by atoms with Gasteiger partial charge in [-0.3, -0.25) is 0 Å². The predicted molar refractivity (Wildman–Crippen MR) is 125 cm³/mol. The predicted octanol–water partition coefficient (Wildman–Crippen LogP) is 2.85. The number of benzene rings is 1. The van der Waals surface area contributed by atoms with Crippen LogP contribution in [0.4, 0.5) is 4.39 Å². The van der Waals surface area contributed by atoms with Gasteiger partial charge < -0.3 is 20.2 Å². The molecule has 4 heterocycles. The Morgan fingerprint density at radius 2 is 2.00 bits per heavy atom. The topological polar surface area (TPSA) is 110 Å². The molecule has 0 saturated carbocycles. The zero-order chi connectivity index (χ0) is 23.2. The highest BCUT2D eigenvalue weighted by molar-refractivity contribution is 7.91. The summed E-state index contributed by atoms with van der Waals surface area (Å²) in [5, 5.41) is 0.593. The highest BCUT2D eigenvalue weighted by Gasteiger charge is 2.35. The summed E-state index contributed by atoms with van der Waals surface area (Å²) in [6, 6.07) is 9.56. The van der Waals surface area contributed by atoms with Gasteiger partial charge in [0.15, 0.2) is 5.03 Å². The van der Waals surface area contributed by atoms with Crippen LogP contribution in [-0.4, -0.2) is 65.2 Å². The van der Waals surface area contributed by atoms with Gasteiger partial charge in [-0.25, -0.2) is 22.8 Å². The lowest BCUT2D eigenvalue weighted by atomic mass is 10.0. The van der Waals surface area contributed by atoms with Gasteiger partial charge in [0.2, 0.25) is 9.84 Å². The van der Waals surface area contributed by atoms with Crippen LogP contribution in [0, 0.1) is 0 Å². The van der Waals surface area contributed by atoms with E-state index in [-0.39, 0.29) is 15.4 Å². The number of fused-ring (bicyclic) bond motifs is 3. The number of likely N-dealkylation sites (tertiary alicyclic amines) is 1. The van der Waals surface area contributed by atoms with Crippen molar-refractivity contribution < 1.29 is 12.8 Å². The molecule has 1 aliphatic heterocycles. The molecule has 33 heavy (non-hydrogen) atoms. The molecule has 10 heteroatoms. The molecule has 0 aliphatic carbocycles. The lowest BCUT2D eigenvalue weighted by Crippen LogP contribution is -2.42.